The van der Waals surface area contributed by atoms with Crippen molar-refractivity contribution in [2.75, 3.05) is 6.61 Å². The largest absolute Gasteiger partial charge is 0.467 e. The number of esters is 1. The summed E-state index contributed by atoms with van der Waals surface area (Å²) in [5.74, 6) is -0.529. The Balaban J connectivity index is 1.40. The van der Waals surface area contributed by atoms with Crippen LogP contribution in [-0.2, 0) is 19.6 Å². The number of sulfonamides is 1. The van der Waals surface area contributed by atoms with Gasteiger partial charge in [0.15, 0.2) is 6.61 Å². The molecule has 0 bridgehead atoms. The van der Waals surface area contributed by atoms with Crippen molar-refractivity contribution in [2.24, 2.45) is 16.2 Å². The Morgan fingerprint density at radius 3 is 2.61 bits per heavy atom. The summed E-state index contributed by atoms with van der Waals surface area (Å²) in [6.07, 6.45) is 7.43. The van der Waals surface area contributed by atoms with E-state index in [1.807, 2.05) is 12.1 Å². The van der Waals surface area contributed by atoms with Gasteiger partial charge in [-0.05, 0) is 67.3 Å². The fourth-order valence-corrected chi connectivity index (χ4v) is 6.06. The molecule has 0 radical (unpaired) electrons. The maximum atomic E-state index is 13.3. The SMILES string of the molecule is NS(=O)(=O)c1cc(C(=O)OCC(=O)N2N=C3C(=Cc4ccco4)CCCC3C2c2ccco2)c(Cl)cc1Cl. The van der Waals surface area contributed by atoms with E-state index in [1.54, 1.807) is 24.5 Å². The van der Waals surface area contributed by atoms with Gasteiger partial charge in [-0.1, -0.05) is 23.2 Å². The zero-order chi connectivity index (χ0) is 27.0. The fourth-order valence-electron chi connectivity index (χ4n) is 4.67. The van der Waals surface area contributed by atoms with Crippen LogP contribution < -0.4 is 5.14 Å². The first-order valence-electron chi connectivity index (χ1n) is 11.5. The van der Waals surface area contributed by atoms with Crippen LogP contribution in [-0.4, -0.2) is 37.6 Å². The van der Waals surface area contributed by atoms with Crippen LogP contribution in [0.2, 0.25) is 10.0 Å². The highest BCUT2D eigenvalue weighted by atomic mass is 35.5. The molecule has 2 unspecified atom stereocenters. The Morgan fingerprint density at radius 1 is 1.16 bits per heavy atom. The molecular formula is C25H21Cl2N3O7S. The van der Waals surface area contributed by atoms with Gasteiger partial charge in [0.25, 0.3) is 5.91 Å². The van der Waals surface area contributed by atoms with Crippen LogP contribution >= 0.6 is 23.2 Å². The van der Waals surface area contributed by atoms with Crippen LogP contribution in [0.5, 0.6) is 0 Å². The Kier molecular flexibility index (Phi) is 7.19. The zero-order valence-electron chi connectivity index (χ0n) is 19.7. The summed E-state index contributed by atoms with van der Waals surface area (Å²) in [7, 11) is -4.23. The molecule has 3 aromatic rings. The number of carbonyl (C=O) groups excluding carboxylic acids is 2. The first kappa shape index (κ1) is 26.2. The molecular weight excluding hydrogens is 557 g/mol. The lowest BCUT2D eigenvalue weighted by molar-refractivity contribution is -0.137. The van der Waals surface area contributed by atoms with Crippen molar-refractivity contribution in [3.8, 4) is 0 Å². The van der Waals surface area contributed by atoms with Crippen LogP contribution in [0.15, 0.2) is 73.3 Å². The molecule has 1 saturated carbocycles. The maximum absolute atomic E-state index is 13.3. The van der Waals surface area contributed by atoms with Gasteiger partial charge in [-0.25, -0.2) is 23.4 Å². The van der Waals surface area contributed by atoms with E-state index in [4.69, 9.17) is 41.9 Å². The van der Waals surface area contributed by atoms with Crippen LogP contribution in [0.3, 0.4) is 0 Å². The van der Waals surface area contributed by atoms with Crippen LogP contribution in [0.1, 0.15) is 47.2 Å². The number of carbonyl (C=O) groups is 2. The number of hydrazone groups is 1. The summed E-state index contributed by atoms with van der Waals surface area (Å²) in [6, 6.07) is 8.57. The molecule has 2 N–H and O–H groups in total. The average Bonchev–Trinajstić information content (AvgIpc) is 3.62. The Hall–Kier alpha value is -3.38. The smallest absolute Gasteiger partial charge is 0.340 e. The number of hydrogen-bond donors (Lipinski definition) is 1. The highest BCUT2D eigenvalue weighted by Gasteiger charge is 2.45. The van der Waals surface area contributed by atoms with Gasteiger partial charge < -0.3 is 13.6 Å². The molecule has 10 nitrogen and oxygen atoms in total. The van der Waals surface area contributed by atoms with Gasteiger partial charge in [0.2, 0.25) is 10.0 Å². The first-order valence-corrected chi connectivity index (χ1v) is 13.8. The number of nitrogens with two attached hydrogens (primary N) is 1. The van der Waals surface area contributed by atoms with Crippen molar-refractivity contribution in [3.05, 3.63) is 81.6 Å². The summed E-state index contributed by atoms with van der Waals surface area (Å²) in [4.78, 5) is 25.6. The van der Waals surface area contributed by atoms with Crippen LogP contribution in [0.25, 0.3) is 6.08 Å². The molecule has 5 rings (SSSR count). The molecule has 2 atom stereocenters. The zero-order valence-corrected chi connectivity index (χ0v) is 22.0. The summed E-state index contributed by atoms with van der Waals surface area (Å²) >= 11 is 12.0. The van der Waals surface area contributed by atoms with E-state index in [1.165, 1.54) is 11.3 Å². The van der Waals surface area contributed by atoms with Gasteiger partial charge in [-0.15, -0.1) is 0 Å². The number of benzene rings is 1. The number of halogens is 2. The van der Waals surface area contributed by atoms with E-state index < -0.39 is 39.4 Å². The number of allylic oxidation sites excluding steroid dienone is 1. The molecule has 1 aliphatic carbocycles. The molecule has 1 amide bonds. The average molecular weight is 578 g/mol. The minimum absolute atomic E-state index is 0.126. The molecule has 1 fully saturated rings. The van der Waals surface area contributed by atoms with Crippen molar-refractivity contribution < 1.29 is 31.6 Å². The standard InChI is InChI=1S/C25H21Cl2N3O7S/c26-18-12-19(27)21(38(28,33)34)11-17(18)25(32)37-13-22(31)30-24(20-7-3-9-36-20)16-6-1-4-14(23(16)29-30)10-15-5-2-8-35-15/h2-3,5,7-12,16,24H,1,4,6,13H2,(H2,28,33,34). The Labute approximate surface area is 227 Å². The van der Waals surface area contributed by atoms with Crippen molar-refractivity contribution in [3.63, 3.8) is 0 Å². The number of nitrogens with zero attached hydrogens (tertiary/aromatic N) is 2. The van der Waals surface area contributed by atoms with E-state index in [2.05, 4.69) is 5.10 Å². The van der Waals surface area contributed by atoms with Gasteiger partial charge >= 0.3 is 5.97 Å². The molecule has 1 aliphatic heterocycles. The normalized spacial score (nSPS) is 20.3. The van der Waals surface area contributed by atoms with Gasteiger partial charge in [0, 0.05) is 5.92 Å². The van der Waals surface area contributed by atoms with E-state index in [-0.39, 0.29) is 21.5 Å². The Morgan fingerprint density at radius 2 is 1.92 bits per heavy atom. The number of hydrogen-bond acceptors (Lipinski definition) is 8. The summed E-state index contributed by atoms with van der Waals surface area (Å²) in [5.41, 5.74) is 1.39. The molecule has 1 aromatic carbocycles. The van der Waals surface area contributed by atoms with Gasteiger partial charge in [-0.3, -0.25) is 4.79 Å². The monoisotopic (exact) mass is 577 g/mol. The molecule has 3 heterocycles. The van der Waals surface area contributed by atoms with Crippen molar-refractivity contribution >= 4 is 56.9 Å². The molecule has 2 aliphatic rings. The maximum Gasteiger partial charge on any atom is 0.340 e. The third-order valence-corrected chi connectivity index (χ3v) is 8.01. The van der Waals surface area contributed by atoms with Crippen molar-refractivity contribution in [1.29, 1.82) is 0 Å². The highest BCUT2D eigenvalue weighted by molar-refractivity contribution is 7.89. The van der Waals surface area contributed by atoms with E-state index in [0.717, 1.165) is 42.7 Å². The van der Waals surface area contributed by atoms with E-state index in [9.17, 15) is 18.0 Å². The van der Waals surface area contributed by atoms with Gasteiger partial charge in [0.1, 0.15) is 22.5 Å². The number of rotatable bonds is 6. The second-order valence-electron chi connectivity index (χ2n) is 8.75. The molecule has 0 spiro atoms. The number of furan rings is 2. The summed E-state index contributed by atoms with van der Waals surface area (Å²) in [6.45, 7) is -0.680. The summed E-state index contributed by atoms with van der Waals surface area (Å²) < 4.78 is 39.9. The van der Waals surface area contributed by atoms with Crippen LogP contribution in [0.4, 0.5) is 0 Å². The molecule has 38 heavy (non-hydrogen) atoms. The topological polar surface area (TPSA) is 145 Å². The lowest BCUT2D eigenvalue weighted by atomic mass is 9.79. The second-order valence-corrected chi connectivity index (χ2v) is 11.1. The third kappa shape index (κ3) is 5.14. The van der Waals surface area contributed by atoms with Gasteiger partial charge in [0.05, 0.1) is 33.8 Å². The highest BCUT2D eigenvalue weighted by Crippen LogP contribution is 2.44. The molecule has 198 valence electrons. The number of ether oxygens (including phenoxy) is 1. The van der Waals surface area contributed by atoms with Gasteiger partial charge in [-0.2, -0.15) is 5.10 Å². The van der Waals surface area contributed by atoms with Crippen molar-refractivity contribution in [1.82, 2.24) is 5.01 Å². The van der Waals surface area contributed by atoms with Crippen LogP contribution in [0, 0.1) is 5.92 Å². The summed E-state index contributed by atoms with van der Waals surface area (Å²) in [5, 5.41) is 10.6. The van der Waals surface area contributed by atoms with E-state index >= 15 is 0 Å². The van der Waals surface area contributed by atoms with E-state index in [0.29, 0.717) is 11.5 Å². The number of amides is 1. The first-order chi connectivity index (χ1) is 18.1. The second kappa shape index (κ2) is 10.4. The minimum atomic E-state index is -4.23. The third-order valence-electron chi connectivity index (χ3n) is 6.33. The minimum Gasteiger partial charge on any atom is -0.467 e. The lowest BCUT2D eigenvalue weighted by Crippen LogP contribution is -2.34. The quantitative estimate of drug-likeness (QED) is 0.413. The lowest BCUT2D eigenvalue weighted by Gasteiger charge is -2.27. The molecule has 0 saturated heterocycles. The Bertz CT molecular complexity index is 1550. The molecule has 13 heteroatoms. The number of primary sulfonamides is 1. The number of fused-ring (bicyclic) bond motifs is 1. The fraction of sp³-hybridized carbons (Fsp3) is 0.240. The van der Waals surface area contributed by atoms with Crippen molar-refractivity contribution in [2.45, 2.75) is 30.2 Å². The predicted molar refractivity (Wildman–Crippen MR) is 138 cm³/mol. The predicted octanol–water partition coefficient (Wildman–Crippen LogP) is 4.81. The molecule has 2 aromatic heterocycles.